The lowest BCUT2D eigenvalue weighted by Gasteiger charge is -2.24. The molecule has 208 valence electrons. The minimum absolute atomic E-state index is 0.116. The maximum Gasteiger partial charge on any atom is 0.338 e. The second-order valence-electron chi connectivity index (χ2n) is 9.36. The van der Waals surface area contributed by atoms with Crippen LogP contribution < -0.4 is 29.1 Å². The van der Waals surface area contributed by atoms with Gasteiger partial charge in [-0.25, -0.2) is 9.79 Å². The van der Waals surface area contributed by atoms with Gasteiger partial charge in [-0.3, -0.25) is 9.36 Å². The van der Waals surface area contributed by atoms with Crippen LogP contribution in [0.5, 0.6) is 17.2 Å². The molecule has 0 aliphatic carbocycles. The van der Waals surface area contributed by atoms with E-state index in [4.69, 9.17) is 30.5 Å². The predicted molar refractivity (Wildman–Crippen MR) is 155 cm³/mol. The van der Waals surface area contributed by atoms with E-state index in [-0.39, 0.29) is 19.0 Å². The summed E-state index contributed by atoms with van der Waals surface area (Å²) in [5.41, 5.74) is 2.96. The van der Waals surface area contributed by atoms with Crippen molar-refractivity contribution in [1.82, 2.24) is 4.57 Å². The number of allylic oxidation sites excluding steroid dienone is 1. The van der Waals surface area contributed by atoms with Crippen LogP contribution in [0.25, 0.3) is 6.08 Å². The standard InChI is InChI=1S/C31H25ClN2O6S/c1-3-37-30(36)27-18(2)33-31-34(28(27)20-10-13-24-25(15-20)40-17-39-24)29(35)26(41-31)14-19-8-11-22(12-9-19)38-16-21-6-4-5-7-23(21)32/h4-15,28H,3,16-17H2,1-2H3/b26-14+/t28-/m1/s1. The minimum Gasteiger partial charge on any atom is -0.489 e. The Morgan fingerprint density at radius 1 is 1.12 bits per heavy atom. The first-order valence-corrected chi connectivity index (χ1v) is 14.2. The van der Waals surface area contributed by atoms with Gasteiger partial charge in [0.25, 0.3) is 5.56 Å². The summed E-state index contributed by atoms with van der Waals surface area (Å²) < 4.78 is 24.3. The molecule has 0 saturated carbocycles. The molecule has 2 aliphatic heterocycles. The predicted octanol–water partition coefficient (Wildman–Crippen LogP) is 4.76. The number of halogens is 1. The van der Waals surface area contributed by atoms with Crippen LogP contribution in [0.15, 0.2) is 87.8 Å². The summed E-state index contributed by atoms with van der Waals surface area (Å²) in [6, 6.07) is 19.7. The highest BCUT2D eigenvalue weighted by molar-refractivity contribution is 7.07. The molecular weight excluding hydrogens is 564 g/mol. The number of benzene rings is 3. The quantitative estimate of drug-likeness (QED) is 0.289. The number of fused-ring (bicyclic) bond motifs is 2. The Balaban J connectivity index is 1.36. The molecule has 0 bridgehead atoms. The van der Waals surface area contributed by atoms with E-state index in [2.05, 4.69) is 4.99 Å². The molecule has 0 fully saturated rings. The van der Waals surface area contributed by atoms with Gasteiger partial charge in [0.15, 0.2) is 16.3 Å². The smallest absolute Gasteiger partial charge is 0.338 e. The molecule has 0 unspecified atom stereocenters. The second kappa shape index (κ2) is 11.3. The van der Waals surface area contributed by atoms with Gasteiger partial charge in [-0.2, -0.15) is 0 Å². The zero-order chi connectivity index (χ0) is 28.5. The molecule has 10 heteroatoms. The molecule has 0 radical (unpaired) electrons. The van der Waals surface area contributed by atoms with Crippen molar-refractivity contribution < 1.29 is 23.7 Å². The molecule has 0 amide bonds. The largest absolute Gasteiger partial charge is 0.489 e. The zero-order valence-electron chi connectivity index (χ0n) is 22.3. The maximum atomic E-state index is 13.8. The van der Waals surface area contributed by atoms with Crippen molar-refractivity contribution in [2.75, 3.05) is 13.4 Å². The van der Waals surface area contributed by atoms with E-state index in [0.29, 0.717) is 55.0 Å². The van der Waals surface area contributed by atoms with Gasteiger partial charge in [0.05, 0.1) is 28.5 Å². The SMILES string of the molecule is CCOC(=O)C1=C(C)N=c2s/c(=C/c3ccc(OCc4ccccc4Cl)cc3)c(=O)n2[C@@H]1c1ccc2c(c1)OCO2. The van der Waals surface area contributed by atoms with Crippen molar-refractivity contribution >= 4 is 35.0 Å². The third-order valence-corrected chi connectivity index (χ3v) is 8.11. The van der Waals surface area contributed by atoms with E-state index >= 15 is 0 Å². The summed E-state index contributed by atoms with van der Waals surface area (Å²) in [5.74, 6) is 1.33. The van der Waals surface area contributed by atoms with E-state index in [1.165, 1.54) is 11.3 Å². The number of nitrogens with zero attached hydrogens (tertiary/aromatic N) is 2. The average molecular weight is 589 g/mol. The second-order valence-corrected chi connectivity index (χ2v) is 10.8. The summed E-state index contributed by atoms with van der Waals surface area (Å²) in [6.07, 6.45) is 1.81. The first-order chi connectivity index (χ1) is 19.9. The van der Waals surface area contributed by atoms with E-state index in [1.54, 1.807) is 30.5 Å². The van der Waals surface area contributed by atoms with E-state index in [9.17, 15) is 9.59 Å². The van der Waals surface area contributed by atoms with Gasteiger partial charge in [-0.15, -0.1) is 0 Å². The molecule has 1 aromatic heterocycles. The Bertz CT molecular complexity index is 1860. The van der Waals surface area contributed by atoms with Gasteiger partial charge in [0.2, 0.25) is 6.79 Å². The lowest BCUT2D eigenvalue weighted by molar-refractivity contribution is -0.139. The van der Waals surface area contributed by atoms with Crippen LogP contribution in [0.1, 0.15) is 36.6 Å². The van der Waals surface area contributed by atoms with Gasteiger partial charge in [-0.05, 0) is 61.4 Å². The number of thiazole rings is 1. The number of ether oxygens (including phenoxy) is 4. The monoisotopic (exact) mass is 588 g/mol. The molecule has 2 aliphatic rings. The number of rotatable bonds is 7. The first kappa shape index (κ1) is 26.9. The lowest BCUT2D eigenvalue weighted by atomic mass is 9.95. The average Bonchev–Trinajstić information content (AvgIpc) is 3.56. The van der Waals surface area contributed by atoms with E-state index < -0.39 is 12.0 Å². The molecule has 6 rings (SSSR count). The highest BCUT2D eigenvalue weighted by atomic mass is 35.5. The molecule has 3 heterocycles. The molecule has 0 spiro atoms. The summed E-state index contributed by atoms with van der Waals surface area (Å²) in [7, 11) is 0. The first-order valence-electron chi connectivity index (χ1n) is 13.0. The summed E-state index contributed by atoms with van der Waals surface area (Å²) >= 11 is 7.49. The molecule has 0 saturated heterocycles. The third-order valence-electron chi connectivity index (χ3n) is 6.76. The normalized spacial score (nSPS) is 15.9. The Kier molecular flexibility index (Phi) is 7.38. The number of carbonyl (C=O) groups is 1. The van der Waals surface area contributed by atoms with Gasteiger partial charge >= 0.3 is 5.97 Å². The fraction of sp³-hybridized carbons (Fsp3) is 0.194. The number of hydrogen-bond donors (Lipinski definition) is 0. The van der Waals surface area contributed by atoms with Crippen molar-refractivity contribution in [3.63, 3.8) is 0 Å². The van der Waals surface area contributed by atoms with Crippen LogP contribution in [-0.4, -0.2) is 23.9 Å². The molecule has 0 N–H and O–H groups in total. The zero-order valence-corrected chi connectivity index (χ0v) is 23.8. The minimum atomic E-state index is -0.734. The third kappa shape index (κ3) is 5.26. The molecule has 1 atom stereocenters. The summed E-state index contributed by atoms with van der Waals surface area (Å²) in [5, 5.41) is 0.653. The number of carbonyl (C=O) groups excluding carboxylic acids is 1. The van der Waals surface area contributed by atoms with Gasteiger partial charge in [0.1, 0.15) is 12.4 Å². The van der Waals surface area contributed by atoms with Gasteiger partial charge in [0, 0.05) is 10.6 Å². The molecule has 3 aromatic carbocycles. The van der Waals surface area contributed by atoms with Gasteiger partial charge in [-0.1, -0.05) is 59.3 Å². The molecule has 41 heavy (non-hydrogen) atoms. The molecular formula is C31H25ClN2O6S. The Labute approximate surface area is 244 Å². The van der Waals surface area contributed by atoms with Crippen molar-refractivity contribution in [1.29, 1.82) is 0 Å². The Morgan fingerprint density at radius 3 is 2.68 bits per heavy atom. The van der Waals surface area contributed by atoms with Gasteiger partial charge < -0.3 is 18.9 Å². The fourth-order valence-corrected chi connectivity index (χ4v) is 6.02. The van der Waals surface area contributed by atoms with E-state index in [1.807, 2.05) is 60.7 Å². The maximum absolute atomic E-state index is 13.8. The Hall–Kier alpha value is -4.34. The Morgan fingerprint density at radius 2 is 1.90 bits per heavy atom. The fourth-order valence-electron chi connectivity index (χ4n) is 4.78. The van der Waals surface area contributed by atoms with E-state index in [0.717, 1.165) is 11.1 Å². The molecule has 4 aromatic rings. The number of aromatic nitrogens is 1. The highest BCUT2D eigenvalue weighted by Gasteiger charge is 2.34. The van der Waals surface area contributed by atoms with Crippen molar-refractivity contribution in [2.45, 2.75) is 26.5 Å². The lowest BCUT2D eigenvalue weighted by Crippen LogP contribution is -2.39. The van der Waals surface area contributed by atoms with Crippen LogP contribution in [-0.2, 0) is 16.1 Å². The van der Waals surface area contributed by atoms with Crippen LogP contribution in [0.4, 0.5) is 0 Å². The van der Waals surface area contributed by atoms with Crippen LogP contribution >= 0.6 is 22.9 Å². The van der Waals surface area contributed by atoms with Crippen molar-refractivity contribution in [3.05, 3.63) is 119 Å². The summed E-state index contributed by atoms with van der Waals surface area (Å²) in [4.78, 5) is 32.1. The van der Waals surface area contributed by atoms with Crippen LogP contribution in [0.2, 0.25) is 5.02 Å². The van der Waals surface area contributed by atoms with Crippen molar-refractivity contribution in [2.24, 2.45) is 4.99 Å². The van der Waals surface area contributed by atoms with Crippen LogP contribution in [0.3, 0.4) is 0 Å². The topological polar surface area (TPSA) is 88.4 Å². The molecule has 8 nitrogen and oxygen atoms in total. The summed E-state index contributed by atoms with van der Waals surface area (Å²) in [6.45, 7) is 4.16. The van der Waals surface area contributed by atoms with Crippen molar-refractivity contribution in [3.8, 4) is 17.2 Å². The highest BCUT2D eigenvalue weighted by Crippen LogP contribution is 2.38. The number of esters is 1. The number of hydrogen-bond acceptors (Lipinski definition) is 8. The van der Waals surface area contributed by atoms with Crippen LogP contribution in [0, 0.1) is 0 Å².